The van der Waals surface area contributed by atoms with Crippen LogP contribution in [0.3, 0.4) is 0 Å². The molecular formula is C26H42O6. The van der Waals surface area contributed by atoms with E-state index in [4.69, 9.17) is 4.74 Å². The summed E-state index contributed by atoms with van der Waals surface area (Å²) in [5.41, 5.74) is 0.710. The lowest BCUT2D eigenvalue weighted by atomic mass is 9.65. The van der Waals surface area contributed by atoms with Gasteiger partial charge in [0.1, 0.15) is 6.10 Å². The second-order valence-electron chi connectivity index (χ2n) is 10.4. The van der Waals surface area contributed by atoms with Crippen molar-refractivity contribution in [2.45, 2.75) is 91.5 Å². The van der Waals surface area contributed by atoms with Crippen molar-refractivity contribution in [3.8, 4) is 0 Å². The molecule has 0 unspecified atom stereocenters. The van der Waals surface area contributed by atoms with E-state index in [9.17, 15) is 19.8 Å². The number of carbonyl (C=O) groups is 2. The largest absolute Gasteiger partial charge is 0.469 e. The van der Waals surface area contributed by atoms with E-state index in [1.165, 1.54) is 12.7 Å². The number of aliphatic hydroxyl groups excluding tert-OH is 2. The fraction of sp³-hybridized carbons (Fsp3) is 0.769. The maximum atomic E-state index is 12.9. The molecule has 0 saturated heterocycles. The SMILES string of the molecule is CCC(C)(C)C(=O)O[C@H]1C[C@@H](C)C=C2C=C[C@H](C)[C@H](CC[C@H](O)C[C@@H](O)CC(=O)OC)[C@H]21. The molecule has 0 amide bonds. The molecule has 0 aromatic rings. The molecule has 0 heterocycles. The van der Waals surface area contributed by atoms with E-state index < -0.39 is 23.6 Å². The van der Waals surface area contributed by atoms with E-state index in [-0.39, 0.29) is 42.7 Å². The van der Waals surface area contributed by atoms with Crippen LogP contribution in [-0.4, -0.2) is 47.6 Å². The molecule has 2 aliphatic rings. The van der Waals surface area contributed by atoms with Crippen LogP contribution >= 0.6 is 0 Å². The Morgan fingerprint density at radius 1 is 1.22 bits per heavy atom. The third-order valence-electron chi connectivity index (χ3n) is 7.30. The van der Waals surface area contributed by atoms with Crippen molar-refractivity contribution in [1.82, 2.24) is 0 Å². The van der Waals surface area contributed by atoms with E-state index in [2.05, 4.69) is 36.8 Å². The number of aliphatic hydroxyl groups is 2. The fourth-order valence-corrected chi connectivity index (χ4v) is 4.84. The molecule has 0 saturated carbocycles. The van der Waals surface area contributed by atoms with Gasteiger partial charge in [-0.3, -0.25) is 9.59 Å². The number of allylic oxidation sites excluding steroid dienone is 3. The molecule has 2 N–H and O–H groups in total. The average molecular weight is 451 g/mol. The van der Waals surface area contributed by atoms with Crippen LogP contribution in [0.2, 0.25) is 0 Å². The number of esters is 2. The van der Waals surface area contributed by atoms with Crippen LogP contribution in [0.5, 0.6) is 0 Å². The first-order valence-electron chi connectivity index (χ1n) is 12.0. The smallest absolute Gasteiger partial charge is 0.311 e. The molecule has 2 rings (SSSR count). The first-order valence-corrected chi connectivity index (χ1v) is 12.0. The van der Waals surface area contributed by atoms with Crippen molar-refractivity contribution in [3.63, 3.8) is 0 Å². The molecule has 0 aromatic carbocycles. The molecule has 0 spiro atoms. The van der Waals surface area contributed by atoms with E-state index in [0.717, 1.165) is 19.3 Å². The molecule has 182 valence electrons. The lowest BCUT2D eigenvalue weighted by Crippen LogP contribution is -2.43. The zero-order valence-corrected chi connectivity index (χ0v) is 20.5. The second kappa shape index (κ2) is 11.5. The minimum Gasteiger partial charge on any atom is -0.469 e. The van der Waals surface area contributed by atoms with Gasteiger partial charge in [0.25, 0.3) is 0 Å². The topological polar surface area (TPSA) is 93.1 Å². The van der Waals surface area contributed by atoms with Gasteiger partial charge in [-0.05, 0) is 69.3 Å². The summed E-state index contributed by atoms with van der Waals surface area (Å²) in [7, 11) is 1.28. The standard InChI is InChI=1S/C26H42O6/c1-7-26(4,5)25(30)32-22-13-16(2)12-18-9-8-17(3)21(24(18)22)11-10-19(27)14-20(28)15-23(29)31-6/h8-9,12,16-17,19-22,24,27-28H,7,10-11,13-15H2,1-6H3/t16-,17-,19-,20+,21-,22-,24-/m0/s1. The molecule has 6 heteroatoms. The van der Waals surface area contributed by atoms with Crippen molar-refractivity contribution in [2.75, 3.05) is 7.11 Å². The normalized spacial score (nSPS) is 29.5. The Morgan fingerprint density at radius 2 is 1.91 bits per heavy atom. The molecule has 6 nitrogen and oxygen atoms in total. The van der Waals surface area contributed by atoms with Crippen LogP contribution in [0.15, 0.2) is 23.8 Å². The highest BCUT2D eigenvalue weighted by atomic mass is 16.5. The number of ether oxygens (including phenoxy) is 2. The Hall–Kier alpha value is -1.66. The second-order valence-corrected chi connectivity index (χ2v) is 10.4. The predicted molar refractivity (Wildman–Crippen MR) is 124 cm³/mol. The maximum Gasteiger partial charge on any atom is 0.311 e. The minimum absolute atomic E-state index is 0.106. The van der Waals surface area contributed by atoms with Crippen molar-refractivity contribution < 1.29 is 29.3 Å². The molecule has 0 fully saturated rings. The van der Waals surface area contributed by atoms with Crippen LogP contribution in [0.4, 0.5) is 0 Å². The summed E-state index contributed by atoms with van der Waals surface area (Å²) in [5.74, 6) is 0.329. The van der Waals surface area contributed by atoms with Gasteiger partial charge < -0.3 is 19.7 Å². The lowest BCUT2D eigenvalue weighted by molar-refractivity contribution is -0.164. The molecular weight excluding hydrogens is 408 g/mol. The van der Waals surface area contributed by atoms with E-state index in [1.54, 1.807) is 0 Å². The van der Waals surface area contributed by atoms with Crippen LogP contribution in [0, 0.1) is 29.1 Å². The predicted octanol–water partition coefficient (Wildman–Crippen LogP) is 4.19. The summed E-state index contributed by atoms with van der Waals surface area (Å²) in [5, 5.41) is 20.5. The van der Waals surface area contributed by atoms with E-state index >= 15 is 0 Å². The van der Waals surface area contributed by atoms with Gasteiger partial charge in [-0.25, -0.2) is 0 Å². The molecule has 0 aromatic heterocycles. The number of methoxy groups -OCH3 is 1. The summed E-state index contributed by atoms with van der Waals surface area (Å²) >= 11 is 0. The highest BCUT2D eigenvalue weighted by molar-refractivity contribution is 5.76. The zero-order chi connectivity index (χ0) is 24.1. The number of hydrogen-bond donors (Lipinski definition) is 2. The minimum atomic E-state index is -0.919. The molecule has 7 atom stereocenters. The molecule has 0 radical (unpaired) electrons. The van der Waals surface area contributed by atoms with Gasteiger partial charge in [-0.15, -0.1) is 0 Å². The summed E-state index contributed by atoms with van der Waals surface area (Å²) in [6.07, 6.45) is 7.67. The first-order chi connectivity index (χ1) is 15.0. The lowest BCUT2D eigenvalue weighted by Gasteiger charge is -2.44. The van der Waals surface area contributed by atoms with Crippen molar-refractivity contribution in [1.29, 1.82) is 0 Å². The Balaban J connectivity index is 2.10. The fourth-order valence-electron chi connectivity index (χ4n) is 4.84. The summed E-state index contributed by atoms with van der Waals surface area (Å²) in [6, 6.07) is 0. The van der Waals surface area contributed by atoms with Gasteiger partial charge in [0.2, 0.25) is 0 Å². The summed E-state index contributed by atoms with van der Waals surface area (Å²) in [4.78, 5) is 24.2. The first kappa shape index (κ1) is 26.6. The highest BCUT2D eigenvalue weighted by Crippen LogP contribution is 2.45. The van der Waals surface area contributed by atoms with Crippen molar-refractivity contribution in [3.05, 3.63) is 23.8 Å². The number of carbonyl (C=O) groups excluding carboxylic acids is 2. The van der Waals surface area contributed by atoms with Crippen molar-refractivity contribution in [2.24, 2.45) is 29.1 Å². The Bertz CT molecular complexity index is 709. The average Bonchev–Trinajstić information content (AvgIpc) is 2.72. The van der Waals surface area contributed by atoms with E-state index in [0.29, 0.717) is 12.3 Å². The van der Waals surface area contributed by atoms with E-state index in [1.807, 2.05) is 20.8 Å². The number of rotatable bonds is 10. The van der Waals surface area contributed by atoms with Crippen LogP contribution in [-0.2, 0) is 19.1 Å². The number of fused-ring (bicyclic) bond motifs is 1. The maximum absolute atomic E-state index is 12.9. The zero-order valence-electron chi connectivity index (χ0n) is 20.5. The summed E-state index contributed by atoms with van der Waals surface area (Å²) in [6.45, 7) is 10.2. The summed E-state index contributed by atoms with van der Waals surface area (Å²) < 4.78 is 10.7. The number of hydrogen-bond acceptors (Lipinski definition) is 6. The Morgan fingerprint density at radius 3 is 2.53 bits per heavy atom. The Labute approximate surface area is 193 Å². The van der Waals surface area contributed by atoms with Gasteiger partial charge in [-0.2, -0.15) is 0 Å². The van der Waals surface area contributed by atoms with Crippen LogP contribution < -0.4 is 0 Å². The van der Waals surface area contributed by atoms with Crippen LogP contribution in [0.25, 0.3) is 0 Å². The molecule has 2 aliphatic carbocycles. The van der Waals surface area contributed by atoms with Gasteiger partial charge in [0.15, 0.2) is 0 Å². The third kappa shape index (κ3) is 6.92. The van der Waals surface area contributed by atoms with Gasteiger partial charge in [0, 0.05) is 5.92 Å². The van der Waals surface area contributed by atoms with Crippen molar-refractivity contribution >= 4 is 11.9 Å². The van der Waals surface area contributed by atoms with Gasteiger partial charge in [0.05, 0.1) is 31.2 Å². The highest BCUT2D eigenvalue weighted by Gasteiger charge is 2.42. The van der Waals surface area contributed by atoms with Gasteiger partial charge >= 0.3 is 11.9 Å². The quantitative estimate of drug-likeness (QED) is 0.485. The molecule has 0 aliphatic heterocycles. The molecule has 32 heavy (non-hydrogen) atoms. The molecule has 0 bridgehead atoms. The van der Waals surface area contributed by atoms with Gasteiger partial charge in [-0.1, -0.05) is 39.0 Å². The third-order valence-corrected chi connectivity index (χ3v) is 7.30. The Kier molecular flexibility index (Phi) is 9.53. The monoisotopic (exact) mass is 450 g/mol. The van der Waals surface area contributed by atoms with Crippen LogP contribution in [0.1, 0.15) is 73.1 Å².